The molecule has 9 heteroatoms. The monoisotopic (exact) mass is 403 g/mol. The van der Waals surface area contributed by atoms with Crippen molar-refractivity contribution < 1.29 is 18.7 Å². The summed E-state index contributed by atoms with van der Waals surface area (Å²) in [4.78, 5) is 37.5. The minimum absolute atomic E-state index is 0.0760. The first kappa shape index (κ1) is 19.7. The van der Waals surface area contributed by atoms with Crippen LogP contribution in [0.5, 0.6) is 0 Å². The summed E-state index contributed by atoms with van der Waals surface area (Å²) >= 11 is 1.12. The van der Waals surface area contributed by atoms with Crippen LogP contribution in [0.2, 0.25) is 0 Å². The molecule has 146 valence electrons. The van der Waals surface area contributed by atoms with Gasteiger partial charge in [0.25, 0.3) is 5.56 Å². The largest absolute Gasteiger partial charge is 0.461 e. The van der Waals surface area contributed by atoms with Gasteiger partial charge in [-0.2, -0.15) is 9.78 Å². The maximum atomic E-state index is 13.7. The molecular formula is C19H18FN3O4S. The fourth-order valence-corrected chi connectivity index (χ4v) is 3.64. The van der Waals surface area contributed by atoms with Crippen LogP contribution in [-0.2, 0) is 9.53 Å². The Hall–Kier alpha value is -3.07. The first-order valence-corrected chi connectivity index (χ1v) is 9.61. The molecule has 1 aromatic carbocycles. The Morgan fingerprint density at radius 3 is 2.79 bits per heavy atom. The topological polar surface area (TPSA) is 90.3 Å². The van der Waals surface area contributed by atoms with E-state index in [0.29, 0.717) is 17.8 Å². The van der Waals surface area contributed by atoms with Crippen LogP contribution in [0.1, 0.15) is 37.2 Å². The molecule has 0 unspecified atom stereocenters. The zero-order valence-electron chi connectivity index (χ0n) is 15.3. The lowest BCUT2D eigenvalue weighted by atomic mass is 10.2. The van der Waals surface area contributed by atoms with Gasteiger partial charge in [0.2, 0.25) is 5.91 Å². The maximum Gasteiger partial charge on any atom is 0.359 e. The highest BCUT2D eigenvalue weighted by Gasteiger charge is 2.23. The number of rotatable bonds is 6. The van der Waals surface area contributed by atoms with Crippen LogP contribution in [-0.4, -0.2) is 28.3 Å². The molecule has 0 saturated heterocycles. The fourth-order valence-electron chi connectivity index (χ4n) is 2.69. The van der Waals surface area contributed by atoms with E-state index < -0.39 is 17.3 Å². The molecule has 0 saturated carbocycles. The third-order valence-corrected chi connectivity index (χ3v) is 4.80. The first-order valence-electron chi connectivity index (χ1n) is 8.73. The van der Waals surface area contributed by atoms with Crippen LogP contribution in [0, 0.1) is 5.82 Å². The molecular weight excluding hydrogens is 385 g/mol. The Morgan fingerprint density at radius 2 is 2.11 bits per heavy atom. The van der Waals surface area contributed by atoms with E-state index in [0.717, 1.165) is 22.1 Å². The summed E-state index contributed by atoms with van der Waals surface area (Å²) in [5, 5.41) is 9.14. The van der Waals surface area contributed by atoms with Crippen molar-refractivity contribution in [1.29, 1.82) is 0 Å². The molecule has 1 amide bonds. The standard InChI is InChI=1S/C19H18FN3O4S/c1-3-6-14(24)21-17-15-13(10-28-17)16(19(26)27-4-2)22-23(18(15)25)12-8-5-7-11(20)9-12/h5,7-10H,3-4,6H2,1-2H3,(H,21,24). The highest BCUT2D eigenvalue weighted by Crippen LogP contribution is 2.30. The molecule has 7 nitrogen and oxygen atoms in total. The van der Waals surface area contributed by atoms with Crippen LogP contribution in [0.4, 0.5) is 9.39 Å². The van der Waals surface area contributed by atoms with E-state index in [1.54, 1.807) is 12.3 Å². The summed E-state index contributed by atoms with van der Waals surface area (Å²) in [6.45, 7) is 3.65. The molecule has 0 aliphatic carbocycles. The summed E-state index contributed by atoms with van der Waals surface area (Å²) in [5.74, 6) is -1.50. The Morgan fingerprint density at radius 1 is 1.32 bits per heavy atom. The summed E-state index contributed by atoms with van der Waals surface area (Å²) in [6, 6.07) is 5.31. The van der Waals surface area contributed by atoms with Gasteiger partial charge in [-0.1, -0.05) is 13.0 Å². The molecule has 2 heterocycles. The predicted octanol–water partition coefficient (Wildman–Crippen LogP) is 3.50. The number of fused-ring (bicyclic) bond motifs is 1. The molecule has 1 N–H and O–H groups in total. The molecule has 0 atom stereocenters. The van der Waals surface area contributed by atoms with Gasteiger partial charge in [0.15, 0.2) is 5.69 Å². The molecule has 0 bridgehead atoms. The number of hydrogen-bond acceptors (Lipinski definition) is 6. The molecule has 3 aromatic rings. The van der Waals surface area contributed by atoms with Crippen molar-refractivity contribution in [2.75, 3.05) is 11.9 Å². The second-order valence-electron chi connectivity index (χ2n) is 5.92. The Bertz CT molecular complexity index is 1110. The Labute approximate surface area is 163 Å². The number of aromatic nitrogens is 2. The fraction of sp³-hybridized carbons (Fsp3) is 0.263. The summed E-state index contributed by atoms with van der Waals surface area (Å²) in [6.07, 6.45) is 0.950. The van der Waals surface area contributed by atoms with E-state index in [9.17, 15) is 18.8 Å². The number of nitrogens with one attached hydrogen (secondary N) is 1. The van der Waals surface area contributed by atoms with Gasteiger partial charge in [0, 0.05) is 17.2 Å². The summed E-state index contributed by atoms with van der Waals surface area (Å²) in [7, 11) is 0. The van der Waals surface area contributed by atoms with Crippen molar-refractivity contribution in [2.45, 2.75) is 26.7 Å². The smallest absolute Gasteiger partial charge is 0.359 e. The molecule has 0 fully saturated rings. The summed E-state index contributed by atoms with van der Waals surface area (Å²) < 4.78 is 19.7. The van der Waals surface area contributed by atoms with Crippen molar-refractivity contribution in [2.24, 2.45) is 0 Å². The lowest BCUT2D eigenvalue weighted by Crippen LogP contribution is -2.25. The van der Waals surface area contributed by atoms with Crippen molar-refractivity contribution in [3.63, 3.8) is 0 Å². The van der Waals surface area contributed by atoms with Crippen molar-refractivity contribution >= 4 is 39.0 Å². The average Bonchev–Trinajstić information content (AvgIpc) is 3.06. The molecule has 0 aliphatic heterocycles. The zero-order valence-corrected chi connectivity index (χ0v) is 16.1. The van der Waals surface area contributed by atoms with Crippen LogP contribution in [0.25, 0.3) is 16.5 Å². The van der Waals surface area contributed by atoms with Gasteiger partial charge in [0.1, 0.15) is 10.8 Å². The second-order valence-corrected chi connectivity index (χ2v) is 6.80. The second kappa shape index (κ2) is 8.30. The zero-order chi connectivity index (χ0) is 20.3. The van der Waals surface area contributed by atoms with Gasteiger partial charge in [-0.25, -0.2) is 9.18 Å². The third-order valence-electron chi connectivity index (χ3n) is 3.90. The van der Waals surface area contributed by atoms with E-state index >= 15 is 0 Å². The minimum atomic E-state index is -0.707. The number of benzene rings is 1. The number of nitrogens with zero attached hydrogens (tertiary/aromatic N) is 2. The van der Waals surface area contributed by atoms with Crippen LogP contribution in [0.15, 0.2) is 34.4 Å². The number of amides is 1. The average molecular weight is 403 g/mol. The number of carbonyl (C=O) groups excluding carboxylic acids is 2. The molecule has 0 aliphatic rings. The number of esters is 1. The molecule has 3 rings (SSSR count). The van der Waals surface area contributed by atoms with E-state index in [2.05, 4.69) is 10.4 Å². The maximum absolute atomic E-state index is 13.7. The van der Waals surface area contributed by atoms with E-state index in [1.807, 2.05) is 6.92 Å². The lowest BCUT2D eigenvalue weighted by molar-refractivity contribution is -0.116. The number of ether oxygens (including phenoxy) is 1. The number of anilines is 1. The van der Waals surface area contributed by atoms with Gasteiger partial charge in [-0.3, -0.25) is 9.59 Å². The Balaban J connectivity index is 2.26. The quantitative estimate of drug-likeness (QED) is 0.636. The van der Waals surface area contributed by atoms with E-state index in [-0.39, 0.29) is 34.7 Å². The Kier molecular flexibility index (Phi) is 5.84. The molecule has 0 spiro atoms. The van der Waals surface area contributed by atoms with Crippen LogP contribution >= 0.6 is 11.3 Å². The number of halogens is 1. The number of thiophene rings is 1. The van der Waals surface area contributed by atoms with Crippen LogP contribution < -0.4 is 10.9 Å². The summed E-state index contributed by atoms with van der Waals surface area (Å²) in [5.41, 5.74) is -0.482. The third kappa shape index (κ3) is 3.79. The lowest BCUT2D eigenvalue weighted by Gasteiger charge is -2.10. The van der Waals surface area contributed by atoms with Crippen LogP contribution in [0.3, 0.4) is 0 Å². The highest BCUT2D eigenvalue weighted by atomic mass is 32.1. The van der Waals surface area contributed by atoms with Gasteiger partial charge in [-0.05, 0) is 31.5 Å². The number of carbonyl (C=O) groups is 2. The molecule has 2 aromatic heterocycles. The molecule has 28 heavy (non-hydrogen) atoms. The van der Waals surface area contributed by atoms with E-state index in [1.165, 1.54) is 18.2 Å². The first-order chi connectivity index (χ1) is 13.5. The molecule has 0 radical (unpaired) electrons. The van der Waals surface area contributed by atoms with E-state index in [4.69, 9.17) is 4.74 Å². The minimum Gasteiger partial charge on any atom is -0.461 e. The predicted molar refractivity (Wildman–Crippen MR) is 105 cm³/mol. The van der Waals surface area contributed by atoms with Crippen molar-refractivity contribution in [1.82, 2.24) is 9.78 Å². The normalized spacial score (nSPS) is 10.8. The van der Waals surface area contributed by atoms with Crippen molar-refractivity contribution in [3.8, 4) is 5.69 Å². The SMILES string of the molecule is CCCC(=O)Nc1scc2c(C(=O)OCC)nn(-c3cccc(F)c3)c(=O)c12. The van der Waals surface area contributed by atoms with Crippen molar-refractivity contribution in [3.05, 3.63) is 51.5 Å². The van der Waals surface area contributed by atoms with Gasteiger partial charge in [0.05, 0.1) is 17.7 Å². The highest BCUT2D eigenvalue weighted by molar-refractivity contribution is 7.16. The van der Waals surface area contributed by atoms with Gasteiger partial charge < -0.3 is 10.1 Å². The number of hydrogen-bond donors (Lipinski definition) is 1. The van der Waals surface area contributed by atoms with Gasteiger partial charge >= 0.3 is 5.97 Å². The van der Waals surface area contributed by atoms with Gasteiger partial charge in [-0.15, -0.1) is 11.3 Å².